The number of hydrogen-bond acceptors (Lipinski definition) is 3. The smallest absolute Gasteiger partial charge is 0.261 e. The monoisotopic (exact) mass is 398 g/mol. The molecule has 0 radical (unpaired) electrons. The molecule has 1 aromatic heterocycles. The molecule has 0 saturated heterocycles. The van der Waals surface area contributed by atoms with E-state index < -0.39 is 0 Å². The average molecular weight is 399 g/mol. The first-order chi connectivity index (χ1) is 12.0. The van der Waals surface area contributed by atoms with Crippen molar-refractivity contribution in [3.63, 3.8) is 0 Å². The largest absolute Gasteiger partial charge is 0.378 e. The predicted octanol–water partition coefficient (Wildman–Crippen LogP) is 3.98. The zero-order valence-corrected chi connectivity index (χ0v) is 15.9. The van der Waals surface area contributed by atoms with Gasteiger partial charge in [0, 0.05) is 43.2 Å². The van der Waals surface area contributed by atoms with Gasteiger partial charge in [0.25, 0.3) is 5.91 Å². The highest BCUT2D eigenvalue weighted by atomic mass is 79.9. The molecule has 2 aromatic carbocycles. The minimum Gasteiger partial charge on any atom is -0.378 e. The predicted molar refractivity (Wildman–Crippen MR) is 105 cm³/mol. The van der Waals surface area contributed by atoms with Gasteiger partial charge >= 0.3 is 0 Å². The van der Waals surface area contributed by atoms with Crippen LogP contribution in [-0.2, 0) is 0 Å². The van der Waals surface area contributed by atoms with Gasteiger partial charge in [0.05, 0.1) is 17.4 Å². The maximum Gasteiger partial charge on any atom is 0.261 e. The molecule has 3 rings (SSSR count). The van der Waals surface area contributed by atoms with Crippen molar-refractivity contribution in [2.24, 2.45) is 0 Å². The van der Waals surface area contributed by atoms with Crippen LogP contribution in [0.3, 0.4) is 0 Å². The van der Waals surface area contributed by atoms with Crippen LogP contribution in [0, 0.1) is 0 Å². The van der Waals surface area contributed by atoms with Crippen molar-refractivity contribution in [3.8, 4) is 5.69 Å². The molecule has 1 amide bonds. The zero-order chi connectivity index (χ0) is 18.0. The fourth-order valence-corrected chi connectivity index (χ4v) is 2.87. The van der Waals surface area contributed by atoms with Crippen molar-refractivity contribution in [2.45, 2.75) is 0 Å². The van der Waals surface area contributed by atoms with Gasteiger partial charge in [-0.3, -0.25) is 4.79 Å². The van der Waals surface area contributed by atoms with Crippen LogP contribution in [0.2, 0.25) is 0 Å². The minimum atomic E-state index is -0.0983. The maximum atomic E-state index is 12.7. The number of benzene rings is 2. The third-order valence-electron chi connectivity index (χ3n) is 3.96. The summed E-state index contributed by atoms with van der Waals surface area (Å²) in [5.41, 5.74) is 3.36. The fraction of sp³-hybridized carbons (Fsp3) is 0.158. The average Bonchev–Trinajstić information content (AvgIpc) is 3.10. The van der Waals surface area contributed by atoms with E-state index in [0.29, 0.717) is 5.56 Å². The van der Waals surface area contributed by atoms with E-state index >= 15 is 0 Å². The summed E-state index contributed by atoms with van der Waals surface area (Å²) in [6, 6.07) is 15.6. The number of halogens is 1. The number of amides is 1. The summed E-state index contributed by atoms with van der Waals surface area (Å²) >= 11 is 3.45. The molecular formula is C19H19BrN4O. The molecule has 0 spiro atoms. The number of rotatable bonds is 4. The SMILES string of the molecule is CN(C)c1ccc(N(C)C(=O)c2cnn(-c3cccc(Br)c3)c2)cc1. The molecule has 0 aliphatic rings. The molecule has 25 heavy (non-hydrogen) atoms. The topological polar surface area (TPSA) is 41.4 Å². The molecule has 3 aromatic rings. The van der Waals surface area contributed by atoms with Gasteiger partial charge in [-0.15, -0.1) is 0 Å². The van der Waals surface area contributed by atoms with E-state index in [-0.39, 0.29) is 5.91 Å². The van der Waals surface area contributed by atoms with Gasteiger partial charge in [0.2, 0.25) is 0 Å². The molecular weight excluding hydrogens is 380 g/mol. The molecule has 0 N–H and O–H groups in total. The highest BCUT2D eigenvalue weighted by molar-refractivity contribution is 9.10. The Balaban J connectivity index is 1.81. The molecule has 5 nitrogen and oxygen atoms in total. The Morgan fingerprint density at radius 3 is 2.36 bits per heavy atom. The van der Waals surface area contributed by atoms with Crippen LogP contribution >= 0.6 is 15.9 Å². The number of nitrogens with zero attached hydrogens (tertiary/aromatic N) is 4. The van der Waals surface area contributed by atoms with Crippen LogP contribution in [0.4, 0.5) is 11.4 Å². The Hall–Kier alpha value is -2.60. The normalized spacial score (nSPS) is 10.6. The lowest BCUT2D eigenvalue weighted by molar-refractivity contribution is 0.0993. The quantitative estimate of drug-likeness (QED) is 0.667. The number of carbonyl (C=O) groups excluding carboxylic acids is 1. The second-order valence-electron chi connectivity index (χ2n) is 5.93. The van der Waals surface area contributed by atoms with E-state index in [0.717, 1.165) is 21.5 Å². The highest BCUT2D eigenvalue weighted by Crippen LogP contribution is 2.21. The van der Waals surface area contributed by atoms with Gasteiger partial charge in [0.15, 0.2) is 0 Å². The molecule has 0 aliphatic heterocycles. The number of carbonyl (C=O) groups is 1. The van der Waals surface area contributed by atoms with E-state index in [2.05, 4.69) is 21.0 Å². The molecule has 6 heteroatoms. The van der Waals surface area contributed by atoms with Crippen LogP contribution in [-0.4, -0.2) is 36.8 Å². The third-order valence-corrected chi connectivity index (χ3v) is 4.45. The van der Waals surface area contributed by atoms with Gasteiger partial charge < -0.3 is 9.80 Å². The maximum absolute atomic E-state index is 12.7. The Morgan fingerprint density at radius 1 is 1.04 bits per heavy atom. The van der Waals surface area contributed by atoms with Crippen molar-refractivity contribution in [1.82, 2.24) is 9.78 Å². The molecule has 0 unspecified atom stereocenters. The lowest BCUT2D eigenvalue weighted by Gasteiger charge is -2.18. The van der Waals surface area contributed by atoms with Gasteiger partial charge in [-0.2, -0.15) is 5.10 Å². The fourth-order valence-electron chi connectivity index (χ4n) is 2.48. The Labute approximate surface area is 155 Å². The van der Waals surface area contributed by atoms with Gasteiger partial charge in [-0.1, -0.05) is 22.0 Å². The highest BCUT2D eigenvalue weighted by Gasteiger charge is 2.16. The van der Waals surface area contributed by atoms with Crippen molar-refractivity contribution < 1.29 is 4.79 Å². The molecule has 1 heterocycles. The van der Waals surface area contributed by atoms with Crippen LogP contribution in [0.1, 0.15) is 10.4 Å². The standard InChI is InChI=1S/C19H19BrN4O/c1-22(2)16-7-9-17(10-8-16)23(3)19(25)14-12-21-24(13-14)18-6-4-5-15(20)11-18/h4-13H,1-3H3. The number of anilines is 2. The second kappa shape index (κ2) is 7.11. The Morgan fingerprint density at radius 2 is 1.72 bits per heavy atom. The number of aromatic nitrogens is 2. The summed E-state index contributed by atoms with van der Waals surface area (Å²) in [4.78, 5) is 16.4. The third kappa shape index (κ3) is 3.74. The lowest BCUT2D eigenvalue weighted by Crippen LogP contribution is -2.25. The molecule has 0 atom stereocenters. The van der Waals surface area contributed by atoms with Crippen molar-refractivity contribution in [2.75, 3.05) is 30.9 Å². The van der Waals surface area contributed by atoms with Crippen molar-refractivity contribution in [1.29, 1.82) is 0 Å². The molecule has 0 aliphatic carbocycles. The Kier molecular flexibility index (Phi) is 4.90. The van der Waals surface area contributed by atoms with Gasteiger partial charge in [-0.25, -0.2) is 4.68 Å². The minimum absolute atomic E-state index is 0.0983. The summed E-state index contributed by atoms with van der Waals surface area (Å²) in [5.74, 6) is -0.0983. The van der Waals surface area contributed by atoms with Gasteiger partial charge in [0.1, 0.15) is 0 Å². The first-order valence-electron chi connectivity index (χ1n) is 7.82. The summed E-state index contributed by atoms with van der Waals surface area (Å²) in [5, 5.41) is 4.30. The summed E-state index contributed by atoms with van der Waals surface area (Å²) in [6.45, 7) is 0. The summed E-state index contributed by atoms with van der Waals surface area (Å²) in [7, 11) is 5.74. The van der Waals surface area contributed by atoms with Crippen LogP contribution < -0.4 is 9.80 Å². The molecule has 0 saturated carbocycles. The van der Waals surface area contributed by atoms with Gasteiger partial charge in [-0.05, 0) is 42.5 Å². The molecule has 128 valence electrons. The Bertz CT molecular complexity index is 886. The van der Waals surface area contributed by atoms with Crippen molar-refractivity contribution >= 4 is 33.2 Å². The summed E-state index contributed by atoms with van der Waals surface area (Å²) < 4.78 is 2.66. The van der Waals surface area contributed by atoms with Crippen LogP contribution in [0.5, 0.6) is 0 Å². The number of hydrogen-bond donors (Lipinski definition) is 0. The molecule has 0 bridgehead atoms. The van der Waals surface area contributed by atoms with E-state index in [1.807, 2.05) is 67.5 Å². The first-order valence-corrected chi connectivity index (χ1v) is 8.61. The summed E-state index contributed by atoms with van der Waals surface area (Å²) in [6.07, 6.45) is 3.34. The van der Waals surface area contributed by atoms with Crippen LogP contribution in [0.25, 0.3) is 5.69 Å². The first kappa shape index (κ1) is 17.2. The van der Waals surface area contributed by atoms with Crippen LogP contribution in [0.15, 0.2) is 65.4 Å². The van der Waals surface area contributed by atoms with E-state index in [4.69, 9.17) is 0 Å². The zero-order valence-electron chi connectivity index (χ0n) is 14.3. The van der Waals surface area contributed by atoms with E-state index in [9.17, 15) is 4.79 Å². The van der Waals surface area contributed by atoms with Crippen molar-refractivity contribution in [3.05, 3.63) is 71.0 Å². The lowest BCUT2D eigenvalue weighted by atomic mass is 10.2. The second-order valence-corrected chi connectivity index (χ2v) is 6.84. The van der Waals surface area contributed by atoms with E-state index in [1.54, 1.807) is 29.0 Å². The molecule has 0 fully saturated rings. The van der Waals surface area contributed by atoms with E-state index in [1.165, 1.54) is 0 Å².